The summed E-state index contributed by atoms with van der Waals surface area (Å²) < 4.78 is 5.26. The van der Waals surface area contributed by atoms with Crippen LogP contribution in [0.15, 0.2) is 4.99 Å². The summed E-state index contributed by atoms with van der Waals surface area (Å²) in [5.74, 6) is 0.897. The number of halogens is 1. The second-order valence-electron chi connectivity index (χ2n) is 3.33. The highest BCUT2D eigenvalue weighted by molar-refractivity contribution is 14.0. The SMILES string of the molecule is CCCNC(=NC)NCCCCOCC.I. The van der Waals surface area contributed by atoms with Crippen LogP contribution in [-0.4, -0.2) is 39.3 Å². The summed E-state index contributed by atoms with van der Waals surface area (Å²) in [5, 5.41) is 6.49. The number of unbranched alkanes of at least 4 members (excludes halogenated alkanes) is 1. The molecule has 4 nitrogen and oxygen atoms in total. The normalized spacial score (nSPS) is 10.8. The molecule has 0 rings (SSSR count). The molecule has 0 bridgehead atoms. The fraction of sp³-hybridized carbons (Fsp3) is 0.909. The highest BCUT2D eigenvalue weighted by atomic mass is 127. The lowest BCUT2D eigenvalue weighted by Gasteiger charge is -2.10. The summed E-state index contributed by atoms with van der Waals surface area (Å²) >= 11 is 0. The fourth-order valence-corrected chi connectivity index (χ4v) is 1.14. The number of nitrogens with zero attached hydrogens (tertiary/aromatic N) is 1. The molecule has 0 aromatic carbocycles. The molecule has 0 saturated heterocycles. The molecular formula is C11H26IN3O. The topological polar surface area (TPSA) is 45.7 Å². The summed E-state index contributed by atoms with van der Waals surface area (Å²) in [6, 6.07) is 0. The van der Waals surface area contributed by atoms with E-state index in [9.17, 15) is 0 Å². The van der Waals surface area contributed by atoms with Gasteiger partial charge in [0.25, 0.3) is 0 Å². The first-order valence-corrected chi connectivity index (χ1v) is 5.87. The van der Waals surface area contributed by atoms with E-state index >= 15 is 0 Å². The second kappa shape index (κ2) is 15.0. The van der Waals surface area contributed by atoms with Crippen molar-refractivity contribution in [2.24, 2.45) is 4.99 Å². The number of aliphatic imine (C=N–C) groups is 1. The van der Waals surface area contributed by atoms with Gasteiger partial charge in [-0.15, -0.1) is 24.0 Å². The standard InChI is InChI=1S/C11H25N3O.HI/c1-4-8-13-11(12-3)14-9-6-7-10-15-5-2;/h4-10H2,1-3H3,(H2,12,13,14);1H. The number of hydrogen-bond acceptors (Lipinski definition) is 2. The Bertz CT molecular complexity index is 165. The maximum absolute atomic E-state index is 5.26. The third kappa shape index (κ3) is 12.0. The van der Waals surface area contributed by atoms with Gasteiger partial charge in [0.15, 0.2) is 5.96 Å². The summed E-state index contributed by atoms with van der Waals surface area (Å²) in [6.07, 6.45) is 3.34. The third-order valence-electron chi connectivity index (χ3n) is 1.98. The molecule has 0 aromatic heterocycles. The number of nitrogens with one attached hydrogen (secondary N) is 2. The largest absolute Gasteiger partial charge is 0.382 e. The average molecular weight is 343 g/mol. The molecule has 98 valence electrons. The Hall–Kier alpha value is -0.0400. The Morgan fingerprint density at radius 3 is 2.38 bits per heavy atom. The summed E-state index contributed by atoms with van der Waals surface area (Å²) in [4.78, 5) is 4.12. The molecule has 0 aliphatic heterocycles. The van der Waals surface area contributed by atoms with Crippen molar-refractivity contribution in [1.82, 2.24) is 10.6 Å². The van der Waals surface area contributed by atoms with Gasteiger partial charge in [0.2, 0.25) is 0 Å². The zero-order chi connectivity index (χ0) is 11.4. The van der Waals surface area contributed by atoms with Crippen LogP contribution in [0.3, 0.4) is 0 Å². The molecule has 0 aliphatic rings. The van der Waals surface area contributed by atoms with Gasteiger partial charge in [0.1, 0.15) is 0 Å². The average Bonchev–Trinajstić information content (AvgIpc) is 2.27. The molecule has 2 N–H and O–H groups in total. The van der Waals surface area contributed by atoms with E-state index in [1.54, 1.807) is 7.05 Å². The van der Waals surface area contributed by atoms with E-state index in [1.165, 1.54) is 0 Å². The molecule has 0 fully saturated rings. The van der Waals surface area contributed by atoms with Crippen LogP contribution in [0.2, 0.25) is 0 Å². The summed E-state index contributed by atoms with van der Waals surface area (Å²) in [6.45, 7) is 7.76. The maximum atomic E-state index is 5.26. The van der Waals surface area contributed by atoms with Crippen LogP contribution in [0.25, 0.3) is 0 Å². The zero-order valence-corrected chi connectivity index (χ0v) is 13.0. The molecule has 0 amide bonds. The lowest BCUT2D eigenvalue weighted by atomic mass is 10.3. The van der Waals surface area contributed by atoms with Crippen LogP contribution < -0.4 is 10.6 Å². The Morgan fingerprint density at radius 1 is 1.12 bits per heavy atom. The molecule has 0 unspecified atom stereocenters. The van der Waals surface area contributed by atoms with Crippen LogP contribution in [0.5, 0.6) is 0 Å². The number of rotatable bonds is 8. The predicted molar refractivity (Wildman–Crippen MR) is 80.8 cm³/mol. The lowest BCUT2D eigenvalue weighted by molar-refractivity contribution is 0.143. The minimum atomic E-state index is 0. The first-order valence-electron chi connectivity index (χ1n) is 5.87. The highest BCUT2D eigenvalue weighted by Crippen LogP contribution is 1.88. The summed E-state index contributed by atoms with van der Waals surface area (Å²) in [5.41, 5.74) is 0. The Morgan fingerprint density at radius 2 is 1.81 bits per heavy atom. The maximum Gasteiger partial charge on any atom is 0.190 e. The summed E-state index contributed by atoms with van der Waals surface area (Å²) in [7, 11) is 1.80. The predicted octanol–water partition coefficient (Wildman–Crippen LogP) is 2.00. The zero-order valence-electron chi connectivity index (χ0n) is 10.7. The molecule has 0 saturated carbocycles. The van der Waals surface area contributed by atoms with Gasteiger partial charge in [-0.05, 0) is 26.2 Å². The minimum Gasteiger partial charge on any atom is -0.382 e. The van der Waals surface area contributed by atoms with Gasteiger partial charge < -0.3 is 15.4 Å². The van der Waals surface area contributed by atoms with Gasteiger partial charge in [0.05, 0.1) is 0 Å². The van der Waals surface area contributed by atoms with Crippen molar-refractivity contribution in [2.75, 3.05) is 33.4 Å². The van der Waals surface area contributed by atoms with Crippen molar-refractivity contribution in [3.63, 3.8) is 0 Å². The van der Waals surface area contributed by atoms with Gasteiger partial charge in [-0.3, -0.25) is 4.99 Å². The van der Waals surface area contributed by atoms with E-state index in [0.29, 0.717) is 0 Å². The smallest absolute Gasteiger partial charge is 0.190 e. The van der Waals surface area contributed by atoms with E-state index in [1.807, 2.05) is 6.92 Å². The van der Waals surface area contributed by atoms with Crippen LogP contribution in [-0.2, 0) is 4.74 Å². The fourth-order valence-electron chi connectivity index (χ4n) is 1.14. The molecular weight excluding hydrogens is 317 g/mol. The van der Waals surface area contributed by atoms with E-state index < -0.39 is 0 Å². The van der Waals surface area contributed by atoms with Gasteiger partial charge in [-0.25, -0.2) is 0 Å². The van der Waals surface area contributed by atoms with Crippen LogP contribution in [0.4, 0.5) is 0 Å². The minimum absolute atomic E-state index is 0. The van der Waals surface area contributed by atoms with Crippen molar-refractivity contribution in [1.29, 1.82) is 0 Å². The molecule has 0 spiro atoms. The van der Waals surface area contributed by atoms with Crippen LogP contribution in [0.1, 0.15) is 33.1 Å². The number of guanidine groups is 1. The van der Waals surface area contributed by atoms with Crippen LogP contribution >= 0.6 is 24.0 Å². The first-order chi connectivity index (χ1) is 7.35. The van der Waals surface area contributed by atoms with Gasteiger partial charge in [-0.1, -0.05) is 6.92 Å². The van der Waals surface area contributed by atoms with Crippen molar-refractivity contribution in [3.05, 3.63) is 0 Å². The molecule has 0 heterocycles. The first kappa shape index (κ1) is 18.3. The van der Waals surface area contributed by atoms with Gasteiger partial charge in [-0.2, -0.15) is 0 Å². The molecule has 16 heavy (non-hydrogen) atoms. The molecule has 0 aliphatic carbocycles. The van der Waals surface area contributed by atoms with Crippen molar-refractivity contribution in [3.8, 4) is 0 Å². The van der Waals surface area contributed by atoms with E-state index in [-0.39, 0.29) is 24.0 Å². The number of ether oxygens (including phenoxy) is 1. The number of hydrogen-bond donors (Lipinski definition) is 2. The Kier molecular flexibility index (Phi) is 17.1. The van der Waals surface area contributed by atoms with Gasteiger partial charge >= 0.3 is 0 Å². The van der Waals surface area contributed by atoms with Crippen LogP contribution in [0, 0.1) is 0 Å². The highest BCUT2D eigenvalue weighted by Gasteiger charge is 1.94. The Balaban J connectivity index is 0. The van der Waals surface area contributed by atoms with Crippen molar-refractivity contribution >= 4 is 29.9 Å². The van der Waals surface area contributed by atoms with Crippen molar-refractivity contribution in [2.45, 2.75) is 33.1 Å². The molecule has 5 heteroatoms. The third-order valence-corrected chi connectivity index (χ3v) is 1.98. The van der Waals surface area contributed by atoms with E-state index in [2.05, 4.69) is 22.5 Å². The molecule has 0 radical (unpaired) electrons. The Labute approximate surface area is 117 Å². The molecule has 0 aromatic rings. The molecule has 0 atom stereocenters. The van der Waals surface area contributed by atoms with E-state index in [0.717, 1.165) is 51.5 Å². The monoisotopic (exact) mass is 343 g/mol. The van der Waals surface area contributed by atoms with Gasteiger partial charge in [0, 0.05) is 33.4 Å². The quantitative estimate of drug-likeness (QED) is 0.307. The van der Waals surface area contributed by atoms with Crippen molar-refractivity contribution < 1.29 is 4.74 Å². The lowest BCUT2D eigenvalue weighted by Crippen LogP contribution is -2.38. The second-order valence-corrected chi connectivity index (χ2v) is 3.33. The van der Waals surface area contributed by atoms with E-state index in [4.69, 9.17) is 4.74 Å².